The number of carbonyl (C=O) groups is 2. The molecular weight excluding hydrogens is 288 g/mol. The second-order valence-electron chi connectivity index (χ2n) is 8.58. The third-order valence-electron chi connectivity index (χ3n) is 7.77. The highest BCUT2D eigenvalue weighted by Gasteiger charge is 2.57. The van der Waals surface area contributed by atoms with E-state index in [0.717, 1.165) is 38.5 Å². The average Bonchev–Trinajstić information content (AvgIpc) is 2.85. The van der Waals surface area contributed by atoms with Gasteiger partial charge in [0.1, 0.15) is 0 Å². The summed E-state index contributed by atoms with van der Waals surface area (Å²) in [6.07, 6.45) is 10.8. The number of allylic oxidation sites excluding steroid dienone is 3. The van der Waals surface area contributed by atoms with Crippen LogP contribution in [-0.4, -0.2) is 16.9 Å². The molecule has 3 nitrogen and oxygen atoms in total. The maximum Gasteiger partial charge on any atom is 0.331 e. The van der Waals surface area contributed by atoms with Crippen LogP contribution in [0, 0.1) is 28.6 Å². The number of fused-ring (bicyclic) bond motifs is 5. The van der Waals surface area contributed by atoms with Gasteiger partial charge in [0.15, 0.2) is 5.78 Å². The number of carboxylic acid groups (broad SMARTS) is 1. The number of hydrogen-bond acceptors (Lipinski definition) is 2. The normalized spacial score (nSPS) is 45.5. The van der Waals surface area contributed by atoms with Crippen LogP contribution in [-0.2, 0) is 9.59 Å². The summed E-state index contributed by atoms with van der Waals surface area (Å²) in [6.45, 7) is 4.55. The highest BCUT2D eigenvalue weighted by molar-refractivity contribution is 5.91. The molecule has 0 saturated heterocycles. The lowest BCUT2D eigenvalue weighted by Crippen LogP contribution is -2.50. The molecule has 5 atom stereocenters. The van der Waals surface area contributed by atoms with Gasteiger partial charge in [-0.25, -0.2) is 4.79 Å². The Balaban J connectivity index is 1.68. The van der Waals surface area contributed by atoms with Gasteiger partial charge in [0.2, 0.25) is 0 Å². The van der Waals surface area contributed by atoms with Crippen molar-refractivity contribution in [3.8, 4) is 0 Å². The van der Waals surface area contributed by atoms with Crippen molar-refractivity contribution >= 4 is 11.8 Å². The van der Waals surface area contributed by atoms with Crippen LogP contribution in [0.4, 0.5) is 0 Å². The molecule has 0 spiro atoms. The molecule has 4 rings (SSSR count). The standard InChI is InChI=1S/C20H26O3/c1-19-9-7-13(21)11-12(19)3-4-14-15-5-6-17(18(22)23)20(15,2)10-8-16(14)19/h6,11,14-16H,3-5,7-10H2,1-2H3,(H,22,23)/t14-,15-,16-,19-,20-/m0/s1. The van der Waals surface area contributed by atoms with E-state index in [0.29, 0.717) is 35.5 Å². The molecule has 0 unspecified atom stereocenters. The van der Waals surface area contributed by atoms with E-state index in [1.54, 1.807) is 0 Å². The Morgan fingerprint density at radius 2 is 1.91 bits per heavy atom. The number of carbonyl (C=O) groups excluding carboxylic acids is 1. The van der Waals surface area contributed by atoms with E-state index in [9.17, 15) is 14.7 Å². The lowest BCUT2D eigenvalue weighted by molar-refractivity contribution is -0.135. The van der Waals surface area contributed by atoms with Gasteiger partial charge in [-0.1, -0.05) is 25.5 Å². The van der Waals surface area contributed by atoms with Crippen LogP contribution < -0.4 is 0 Å². The van der Waals surface area contributed by atoms with Crippen molar-refractivity contribution in [2.75, 3.05) is 0 Å². The van der Waals surface area contributed by atoms with Crippen molar-refractivity contribution in [3.05, 3.63) is 23.3 Å². The molecule has 0 aromatic rings. The quantitative estimate of drug-likeness (QED) is 0.791. The van der Waals surface area contributed by atoms with Crippen molar-refractivity contribution in [3.63, 3.8) is 0 Å². The predicted molar refractivity (Wildman–Crippen MR) is 87.8 cm³/mol. The molecule has 124 valence electrons. The molecule has 0 bridgehead atoms. The first-order valence-corrected chi connectivity index (χ1v) is 9.04. The van der Waals surface area contributed by atoms with Gasteiger partial charge in [0, 0.05) is 17.4 Å². The smallest absolute Gasteiger partial charge is 0.331 e. The zero-order chi connectivity index (χ0) is 16.4. The second-order valence-corrected chi connectivity index (χ2v) is 8.58. The van der Waals surface area contributed by atoms with Crippen molar-refractivity contribution in [2.45, 2.75) is 58.8 Å². The maximum absolute atomic E-state index is 11.8. The van der Waals surface area contributed by atoms with E-state index in [1.807, 2.05) is 12.2 Å². The minimum absolute atomic E-state index is 0.144. The summed E-state index contributed by atoms with van der Waals surface area (Å²) in [4.78, 5) is 23.5. The first-order valence-electron chi connectivity index (χ1n) is 9.04. The van der Waals surface area contributed by atoms with E-state index in [-0.39, 0.29) is 10.8 Å². The van der Waals surface area contributed by atoms with Gasteiger partial charge < -0.3 is 5.11 Å². The van der Waals surface area contributed by atoms with E-state index < -0.39 is 5.97 Å². The Labute approximate surface area is 137 Å². The van der Waals surface area contributed by atoms with Crippen LogP contribution in [0.3, 0.4) is 0 Å². The number of aliphatic carboxylic acids is 1. The van der Waals surface area contributed by atoms with Crippen molar-refractivity contribution in [2.24, 2.45) is 28.6 Å². The summed E-state index contributed by atoms with van der Waals surface area (Å²) in [7, 11) is 0. The van der Waals surface area contributed by atoms with Crippen LogP contribution in [0.1, 0.15) is 58.8 Å². The summed E-state index contributed by atoms with van der Waals surface area (Å²) in [5, 5.41) is 9.57. The lowest BCUT2D eigenvalue weighted by Gasteiger charge is -2.57. The summed E-state index contributed by atoms with van der Waals surface area (Å²) in [6, 6.07) is 0. The number of ketones is 1. The first-order chi connectivity index (χ1) is 10.9. The van der Waals surface area contributed by atoms with Crippen molar-refractivity contribution in [1.82, 2.24) is 0 Å². The molecule has 23 heavy (non-hydrogen) atoms. The summed E-state index contributed by atoms with van der Waals surface area (Å²) in [5.41, 5.74) is 2.06. The molecule has 3 heteroatoms. The van der Waals surface area contributed by atoms with Crippen molar-refractivity contribution < 1.29 is 14.7 Å². The van der Waals surface area contributed by atoms with Gasteiger partial charge in [-0.15, -0.1) is 0 Å². The fourth-order valence-corrected chi connectivity index (χ4v) is 6.46. The average molecular weight is 314 g/mol. The first kappa shape index (κ1) is 15.2. The van der Waals surface area contributed by atoms with Gasteiger partial charge in [-0.2, -0.15) is 0 Å². The molecule has 2 saturated carbocycles. The topological polar surface area (TPSA) is 54.4 Å². The summed E-state index contributed by atoms with van der Waals surface area (Å²) >= 11 is 0. The Morgan fingerprint density at radius 1 is 1.13 bits per heavy atom. The van der Waals surface area contributed by atoms with Crippen LogP contribution in [0.2, 0.25) is 0 Å². The zero-order valence-electron chi connectivity index (χ0n) is 14.1. The van der Waals surface area contributed by atoms with Gasteiger partial charge >= 0.3 is 5.97 Å². The molecule has 0 aromatic heterocycles. The van der Waals surface area contributed by atoms with E-state index >= 15 is 0 Å². The molecule has 0 amide bonds. The van der Waals surface area contributed by atoms with Gasteiger partial charge in [0.05, 0.1) is 0 Å². The molecule has 1 N–H and O–H groups in total. The highest BCUT2D eigenvalue weighted by atomic mass is 16.4. The van der Waals surface area contributed by atoms with Crippen LogP contribution in [0.5, 0.6) is 0 Å². The molecule has 0 radical (unpaired) electrons. The molecule has 0 aromatic carbocycles. The third-order valence-corrected chi connectivity index (χ3v) is 7.77. The lowest BCUT2D eigenvalue weighted by atomic mass is 9.47. The Hall–Kier alpha value is -1.38. The maximum atomic E-state index is 11.8. The minimum Gasteiger partial charge on any atom is -0.478 e. The fourth-order valence-electron chi connectivity index (χ4n) is 6.46. The van der Waals surface area contributed by atoms with Crippen LogP contribution >= 0.6 is 0 Å². The Kier molecular flexibility index (Phi) is 3.17. The van der Waals surface area contributed by atoms with E-state index in [2.05, 4.69) is 13.8 Å². The number of rotatable bonds is 1. The monoisotopic (exact) mass is 314 g/mol. The zero-order valence-corrected chi connectivity index (χ0v) is 14.1. The Morgan fingerprint density at radius 3 is 2.65 bits per heavy atom. The molecular formula is C20H26O3. The number of carboxylic acids is 1. The molecule has 0 aliphatic heterocycles. The summed E-state index contributed by atoms with van der Waals surface area (Å²) < 4.78 is 0. The predicted octanol–water partition coefficient (Wildman–Crippen LogP) is 4.14. The minimum atomic E-state index is -0.723. The molecule has 4 aliphatic carbocycles. The van der Waals surface area contributed by atoms with Gasteiger partial charge in [-0.3, -0.25) is 4.79 Å². The Bertz CT molecular complexity index is 643. The van der Waals surface area contributed by atoms with Gasteiger partial charge in [-0.05, 0) is 67.8 Å². The van der Waals surface area contributed by atoms with Gasteiger partial charge in [0.25, 0.3) is 0 Å². The highest BCUT2D eigenvalue weighted by Crippen LogP contribution is 2.65. The van der Waals surface area contributed by atoms with Crippen molar-refractivity contribution in [1.29, 1.82) is 0 Å². The SMILES string of the molecule is C[C@]12CCC(=O)C=C1CC[C@@H]1[C@@H]2CC[C@]2(C)C(C(=O)O)=CC[C@@H]12. The van der Waals surface area contributed by atoms with E-state index in [1.165, 1.54) is 5.57 Å². The largest absolute Gasteiger partial charge is 0.478 e. The molecule has 2 fully saturated rings. The van der Waals surface area contributed by atoms with Crippen LogP contribution in [0.15, 0.2) is 23.3 Å². The third kappa shape index (κ3) is 1.95. The van der Waals surface area contributed by atoms with E-state index in [4.69, 9.17) is 0 Å². The summed E-state index contributed by atoms with van der Waals surface area (Å²) in [5.74, 6) is 1.28. The number of hydrogen-bond donors (Lipinski definition) is 1. The molecule has 4 aliphatic rings. The molecule has 0 heterocycles. The second kappa shape index (κ2) is 4.81. The fraction of sp³-hybridized carbons (Fsp3) is 0.700. The van der Waals surface area contributed by atoms with Crippen LogP contribution in [0.25, 0.3) is 0 Å².